The van der Waals surface area contributed by atoms with E-state index in [0.717, 1.165) is 6.42 Å². The van der Waals surface area contributed by atoms with Gasteiger partial charge in [-0.2, -0.15) is 4.99 Å². The SMILES string of the molecule is CCC1SC(=NC(=O)c2cccs2)NC1=O. The van der Waals surface area contributed by atoms with Crippen molar-refractivity contribution in [3.63, 3.8) is 0 Å². The highest BCUT2D eigenvalue weighted by molar-refractivity contribution is 8.15. The van der Waals surface area contributed by atoms with Crippen LogP contribution in [0.2, 0.25) is 0 Å². The molecule has 2 amide bonds. The molecule has 0 aromatic carbocycles. The second-order valence-electron chi connectivity index (χ2n) is 3.20. The zero-order chi connectivity index (χ0) is 11.5. The molecule has 1 N–H and O–H groups in total. The number of carbonyl (C=O) groups is 2. The quantitative estimate of drug-likeness (QED) is 0.876. The Morgan fingerprint density at radius 1 is 1.62 bits per heavy atom. The lowest BCUT2D eigenvalue weighted by Crippen LogP contribution is -2.24. The largest absolute Gasteiger partial charge is 0.304 e. The number of carbonyl (C=O) groups excluding carboxylic acids is 2. The number of nitrogens with zero attached hydrogens (tertiary/aromatic N) is 1. The molecule has 0 saturated carbocycles. The van der Waals surface area contributed by atoms with Crippen LogP contribution in [-0.2, 0) is 4.79 Å². The fourth-order valence-electron chi connectivity index (χ4n) is 1.27. The fourth-order valence-corrected chi connectivity index (χ4v) is 2.78. The van der Waals surface area contributed by atoms with E-state index in [4.69, 9.17) is 0 Å². The summed E-state index contributed by atoms with van der Waals surface area (Å²) in [7, 11) is 0. The Bertz CT molecular complexity index is 440. The number of hydrogen-bond donors (Lipinski definition) is 1. The number of thiophene rings is 1. The molecular weight excluding hydrogens is 244 g/mol. The van der Waals surface area contributed by atoms with Gasteiger partial charge in [0.25, 0.3) is 5.91 Å². The van der Waals surface area contributed by atoms with E-state index in [1.807, 2.05) is 12.3 Å². The summed E-state index contributed by atoms with van der Waals surface area (Å²) in [5, 5.41) is 4.72. The maximum Gasteiger partial charge on any atom is 0.289 e. The Hall–Kier alpha value is -1.14. The zero-order valence-electron chi connectivity index (χ0n) is 8.60. The highest BCUT2D eigenvalue weighted by Crippen LogP contribution is 2.22. The van der Waals surface area contributed by atoms with Crippen LogP contribution in [0, 0.1) is 0 Å². The van der Waals surface area contributed by atoms with Gasteiger partial charge >= 0.3 is 0 Å². The van der Waals surface area contributed by atoms with Gasteiger partial charge in [0.1, 0.15) is 0 Å². The first kappa shape index (κ1) is 11.3. The second-order valence-corrected chi connectivity index (χ2v) is 5.34. The van der Waals surface area contributed by atoms with Crippen LogP contribution in [0.25, 0.3) is 0 Å². The van der Waals surface area contributed by atoms with E-state index >= 15 is 0 Å². The topological polar surface area (TPSA) is 58.5 Å². The molecule has 1 aromatic rings. The van der Waals surface area contributed by atoms with Gasteiger partial charge < -0.3 is 5.32 Å². The Labute approximate surface area is 101 Å². The van der Waals surface area contributed by atoms with Gasteiger partial charge in [-0.25, -0.2) is 0 Å². The maximum absolute atomic E-state index is 11.6. The summed E-state index contributed by atoms with van der Waals surface area (Å²) in [4.78, 5) is 27.5. The smallest absolute Gasteiger partial charge is 0.289 e. The molecule has 1 unspecified atom stereocenters. The predicted molar refractivity (Wildman–Crippen MR) is 65.9 cm³/mol. The van der Waals surface area contributed by atoms with Gasteiger partial charge in [-0.1, -0.05) is 24.8 Å². The number of nitrogens with one attached hydrogen (secondary N) is 1. The van der Waals surface area contributed by atoms with Crippen LogP contribution < -0.4 is 5.32 Å². The monoisotopic (exact) mass is 254 g/mol. The molecule has 16 heavy (non-hydrogen) atoms. The van der Waals surface area contributed by atoms with Crippen molar-refractivity contribution >= 4 is 40.1 Å². The van der Waals surface area contributed by atoms with Crippen LogP contribution in [0.3, 0.4) is 0 Å². The van der Waals surface area contributed by atoms with E-state index < -0.39 is 0 Å². The molecular formula is C10H10N2O2S2. The molecule has 1 aromatic heterocycles. The number of aliphatic imine (C=N–C) groups is 1. The average molecular weight is 254 g/mol. The van der Waals surface area contributed by atoms with E-state index in [2.05, 4.69) is 10.3 Å². The van der Waals surface area contributed by atoms with Crippen molar-refractivity contribution in [3.05, 3.63) is 22.4 Å². The summed E-state index contributed by atoms with van der Waals surface area (Å²) >= 11 is 2.66. The first-order valence-electron chi connectivity index (χ1n) is 4.84. The van der Waals surface area contributed by atoms with E-state index in [1.165, 1.54) is 23.1 Å². The minimum Gasteiger partial charge on any atom is -0.304 e. The molecule has 6 heteroatoms. The van der Waals surface area contributed by atoms with Crippen molar-refractivity contribution in [2.24, 2.45) is 4.99 Å². The van der Waals surface area contributed by atoms with E-state index in [-0.39, 0.29) is 17.1 Å². The van der Waals surface area contributed by atoms with Crippen LogP contribution in [-0.4, -0.2) is 22.2 Å². The summed E-state index contributed by atoms with van der Waals surface area (Å²) in [5.74, 6) is -0.361. The van der Waals surface area contributed by atoms with Crippen molar-refractivity contribution in [1.82, 2.24) is 5.32 Å². The number of amides is 2. The van der Waals surface area contributed by atoms with Crippen molar-refractivity contribution in [3.8, 4) is 0 Å². The van der Waals surface area contributed by atoms with Crippen LogP contribution in [0.1, 0.15) is 23.0 Å². The maximum atomic E-state index is 11.6. The summed E-state index contributed by atoms with van der Waals surface area (Å²) in [6.07, 6.45) is 0.739. The highest BCUT2D eigenvalue weighted by atomic mass is 32.2. The Kier molecular flexibility index (Phi) is 3.40. The lowest BCUT2D eigenvalue weighted by Gasteiger charge is -1.96. The second kappa shape index (κ2) is 4.80. The van der Waals surface area contributed by atoms with Gasteiger partial charge in [0.15, 0.2) is 5.17 Å². The first-order valence-corrected chi connectivity index (χ1v) is 6.60. The first-order chi connectivity index (χ1) is 7.70. The molecule has 0 radical (unpaired) electrons. The minimum atomic E-state index is -0.297. The molecule has 4 nitrogen and oxygen atoms in total. The molecule has 1 saturated heterocycles. The molecule has 1 fully saturated rings. The third-order valence-corrected chi connectivity index (χ3v) is 4.19. The highest BCUT2D eigenvalue weighted by Gasteiger charge is 2.29. The molecule has 2 rings (SSSR count). The summed E-state index contributed by atoms with van der Waals surface area (Å²) in [5.41, 5.74) is 0. The normalized spacial score (nSPS) is 22.4. The summed E-state index contributed by atoms with van der Waals surface area (Å²) < 4.78 is 0. The number of hydrogen-bond acceptors (Lipinski definition) is 4. The van der Waals surface area contributed by atoms with Gasteiger partial charge in [0.05, 0.1) is 10.1 Å². The third-order valence-electron chi connectivity index (χ3n) is 2.08. The standard InChI is InChI=1S/C10H10N2O2S2/c1-2-6-8(13)11-10(16-6)12-9(14)7-4-3-5-15-7/h3-6H,2H2,1H3,(H,11,12,13,14). The van der Waals surface area contributed by atoms with Gasteiger partial charge in [-0.3, -0.25) is 9.59 Å². The van der Waals surface area contributed by atoms with Crippen LogP contribution in [0.5, 0.6) is 0 Å². The Balaban J connectivity index is 2.09. The third kappa shape index (κ3) is 2.33. The number of thioether (sulfide) groups is 1. The van der Waals surface area contributed by atoms with Crippen molar-refractivity contribution < 1.29 is 9.59 Å². The molecule has 2 heterocycles. The van der Waals surface area contributed by atoms with Crippen LogP contribution in [0.4, 0.5) is 0 Å². The van der Waals surface area contributed by atoms with Crippen molar-refractivity contribution in [2.45, 2.75) is 18.6 Å². The van der Waals surface area contributed by atoms with Gasteiger partial charge in [0, 0.05) is 0 Å². The van der Waals surface area contributed by atoms with Gasteiger partial charge in [-0.15, -0.1) is 11.3 Å². The van der Waals surface area contributed by atoms with E-state index in [9.17, 15) is 9.59 Å². The molecule has 1 atom stereocenters. The predicted octanol–water partition coefficient (Wildman–Crippen LogP) is 1.89. The minimum absolute atomic E-state index is 0.0646. The van der Waals surface area contributed by atoms with Crippen molar-refractivity contribution in [2.75, 3.05) is 0 Å². The average Bonchev–Trinajstić information content (AvgIpc) is 2.87. The number of amidine groups is 1. The summed E-state index contributed by atoms with van der Waals surface area (Å²) in [6.45, 7) is 1.93. The van der Waals surface area contributed by atoms with Gasteiger partial charge in [-0.05, 0) is 17.9 Å². The summed E-state index contributed by atoms with van der Waals surface area (Å²) in [6, 6.07) is 3.52. The molecule has 0 aliphatic carbocycles. The van der Waals surface area contributed by atoms with Crippen LogP contribution >= 0.6 is 23.1 Å². The lowest BCUT2D eigenvalue weighted by atomic mass is 10.3. The molecule has 0 bridgehead atoms. The van der Waals surface area contributed by atoms with Crippen LogP contribution in [0.15, 0.2) is 22.5 Å². The molecule has 84 valence electrons. The molecule has 1 aliphatic heterocycles. The number of rotatable bonds is 2. The van der Waals surface area contributed by atoms with Gasteiger partial charge in [0.2, 0.25) is 5.91 Å². The molecule has 0 spiro atoms. The van der Waals surface area contributed by atoms with E-state index in [1.54, 1.807) is 12.1 Å². The Morgan fingerprint density at radius 3 is 3.00 bits per heavy atom. The zero-order valence-corrected chi connectivity index (χ0v) is 10.2. The molecule has 1 aliphatic rings. The van der Waals surface area contributed by atoms with E-state index in [0.29, 0.717) is 10.0 Å². The van der Waals surface area contributed by atoms with Crippen molar-refractivity contribution in [1.29, 1.82) is 0 Å². The Morgan fingerprint density at radius 2 is 2.44 bits per heavy atom. The fraction of sp³-hybridized carbons (Fsp3) is 0.300. The lowest BCUT2D eigenvalue weighted by molar-refractivity contribution is -0.118.